The molecule has 0 N–H and O–H groups in total. The Morgan fingerprint density at radius 1 is 1.46 bits per heavy atom. The van der Waals surface area contributed by atoms with Crippen LogP contribution < -0.4 is 0 Å². The van der Waals surface area contributed by atoms with E-state index in [1.165, 1.54) is 0 Å². The van der Waals surface area contributed by atoms with Crippen LogP contribution in [0.15, 0.2) is 0 Å². The number of piperidine rings is 1. The summed E-state index contributed by atoms with van der Waals surface area (Å²) in [5.74, 6) is 1.41. The lowest BCUT2D eigenvalue weighted by atomic mass is 9.89. The number of ether oxygens (including phenoxy) is 1. The molecule has 4 heteroatoms. The number of rotatable bonds is 1. The van der Waals surface area contributed by atoms with Crippen LogP contribution in [0.3, 0.4) is 0 Å². The van der Waals surface area contributed by atoms with Gasteiger partial charge in [0.25, 0.3) is 0 Å². The molecule has 2 heterocycles. The van der Waals surface area contributed by atoms with Gasteiger partial charge in [0, 0.05) is 25.6 Å². The van der Waals surface area contributed by atoms with E-state index in [2.05, 4.69) is 0 Å². The zero-order valence-electron chi connectivity index (χ0n) is 7.54. The van der Waals surface area contributed by atoms with Gasteiger partial charge < -0.3 is 9.64 Å². The number of halogens is 1. The van der Waals surface area contributed by atoms with E-state index in [-0.39, 0.29) is 11.8 Å². The van der Waals surface area contributed by atoms with Crippen molar-refractivity contribution in [2.45, 2.75) is 6.42 Å². The molecule has 3 nitrogen and oxygen atoms in total. The molecule has 2 unspecified atom stereocenters. The summed E-state index contributed by atoms with van der Waals surface area (Å²) < 4.78 is 5.38. The van der Waals surface area contributed by atoms with Crippen LogP contribution in [-0.4, -0.2) is 43.0 Å². The monoisotopic (exact) mass is 203 g/mol. The van der Waals surface area contributed by atoms with Crippen molar-refractivity contribution < 1.29 is 9.53 Å². The number of fused-ring (bicyclic) bond motifs is 1. The quantitative estimate of drug-likeness (QED) is 0.588. The molecule has 2 fully saturated rings. The molecule has 0 saturated carbocycles. The molecule has 2 atom stereocenters. The second-order valence-corrected chi connectivity index (χ2v) is 4.09. The number of nitrogens with zero attached hydrogens (tertiary/aromatic N) is 1. The third-order valence-electron chi connectivity index (χ3n) is 3.02. The van der Waals surface area contributed by atoms with Gasteiger partial charge in [-0.2, -0.15) is 0 Å². The highest BCUT2D eigenvalue weighted by Crippen LogP contribution is 2.29. The second-order valence-electron chi connectivity index (χ2n) is 3.82. The molecule has 0 aromatic heterocycles. The summed E-state index contributed by atoms with van der Waals surface area (Å²) >= 11 is 5.51. The number of hydrogen-bond donors (Lipinski definition) is 0. The summed E-state index contributed by atoms with van der Waals surface area (Å²) in [6, 6.07) is 0. The predicted octanol–water partition coefficient (Wildman–Crippen LogP) is 0.720. The first-order chi connectivity index (χ1) is 6.31. The molecule has 2 aliphatic rings. The standard InChI is InChI=1S/C9H14ClNO2/c10-3-9(12)11-2-1-7-5-13-6-8(7)4-11/h7-8H,1-6H2. The van der Waals surface area contributed by atoms with Crippen LogP contribution in [0.4, 0.5) is 0 Å². The van der Waals surface area contributed by atoms with E-state index in [1.54, 1.807) is 0 Å². The number of alkyl halides is 1. The van der Waals surface area contributed by atoms with Crippen molar-refractivity contribution in [2.24, 2.45) is 11.8 Å². The van der Waals surface area contributed by atoms with E-state index in [0.29, 0.717) is 11.8 Å². The van der Waals surface area contributed by atoms with Crippen LogP contribution in [0, 0.1) is 11.8 Å². The van der Waals surface area contributed by atoms with E-state index < -0.39 is 0 Å². The Hall–Kier alpha value is -0.280. The van der Waals surface area contributed by atoms with Crippen LogP contribution in [0.25, 0.3) is 0 Å². The van der Waals surface area contributed by atoms with Crippen molar-refractivity contribution in [3.63, 3.8) is 0 Å². The van der Waals surface area contributed by atoms with Gasteiger partial charge in [-0.1, -0.05) is 0 Å². The molecule has 1 amide bonds. The van der Waals surface area contributed by atoms with Crippen molar-refractivity contribution in [3.05, 3.63) is 0 Å². The van der Waals surface area contributed by atoms with E-state index in [1.807, 2.05) is 4.90 Å². The third-order valence-corrected chi connectivity index (χ3v) is 3.25. The Bertz CT molecular complexity index is 210. The maximum absolute atomic E-state index is 11.3. The molecule has 2 rings (SSSR count). The van der Waals surface area contributed by atoms with Crippen LogP contribution in [0.2, 0.25) is 0 Å². The van der Waals surface area contributed by atoms with Crippen LogP contribution >= 0.6 is 11.6 Å². The predicted molar refractivity (Wildman–Crippen MR) is 49.7 cm³/mol. The molecular weight excluding hydrogens is 190 g/mol. The minimum absolute atomic E-state index is 0.0621. The van der Waals surface area contributed by atoms with Gasteiger partial charge in [0.15, 0.2) is 0 Å². The van der Waals surface area contributed by atoms with E-state index in [4.69, 9.17) is 16.3 Å². The van der Waals surface area contributed by atoms with Crippen LogP contribution in [-0.2, 0) is 9.53 Å². The van der Waals surface area contributed by atoms with Gasteiger partial charge in [-0.3, -0.25) is 4.79 Å². The minimum Gasteiger partial charge on any atom is -0.381 e. The fourth-order valence-electron chi connectivity index (χ4n) is 2.17. The molecule has 0 aromatic rings. The topological polar surface area (TPSA) is 29.5 Å². The van der Waals surface area contributed by atoms with Crippen molar-refractivity contribution >= 4 is 17.5 Å². The fourth-order valence-corrected chi connectivity index (χ4v) is 2.34. The summed E-state index contributed by atoms with van der Waals surface area (Å²) in [5.41, 5.74) is 0. The molecule has 0 bridgehead atoms. The van der Waals surface area contributed by atoms with Gasteiger partial charge in [-0.15, -0.1) is 11.6 Å². The van der Waals surface area contributed by atoms with Crippen molar-refractivity contribution in [2.75, 3.05) is 32.2 Å². The normalized spacial score (nSPS) is 33.2. The maximum Gasteiger partial charge on any atom is 0.237 e. The first-order valence-corrected chi connectivity index (χ1v) is 5.26. The molecule has 0 radical (unpaired) electrons. The fraction of sp³-hybridized carbons (Fsp3) is 0.889. The first kappa shape index (κ1) is 9.28. The van der Waals surface area contributed by atoms with E-state index >= 15 is 0 Å². The average molecular weight is 204 g/mol. The molecular formula is C9H14ClNO2. The maximum atomic E-state index is 11.3. The largest absolute Gasteiger partial charge is 0.381 e. The SMILES string of the molecule is O=C(CCl)N1CCC2COCC2C1. The third kappa shape index (κ3) is 1.81. The van der Waals surface area contributed by atoms with E-state index in [9.17, 15) is 4.79 Å². The van der Waals surface area contributed by atoms with Crippen molar-refractivity contribution in [1.82, 2.24) is 4.90 Å². The zero-order chi connectivity index (χ0) is 9.26. The average Bonchev–Trinajstić information content (AvgIpc) is 2.63. The Balaban J connectivity index is 1.93. The zero-order valence-corrected chi connectivity index (χ0v) is 8.29. The van der Waals surface area contributed by atoms with E-state index in [0.717, 1.165) is 32.7 Å². The lowest BCUT2D eigenvalue weighted by Crippen LogP contribution is -2.43. The van der Waals surface area contributed by atoms with Gasteiger partial charge in [-0.05, 0) is 12.3 Å². The number of amides is 1. The molecule has 13 heavy (non-hydrogen) atoms. The molecule has 2 aliphatic heterocycles. The molecule has 2 saturated heterocycles. The Kier molecular flexibility index (Phi) is 2.74. The van der Waals surface area contributed by atoms with Crippen molar-refractivity contribution in [3.8, 4) is 0 Å². The van der Waals surface area contributed by atoms with Gasteiger partial charge in [0.1, 0.15) is 5.88 Å². The highest BCUT2D eigenvalue weighted by molar-refractivity contribution is 6.27. The van der Waals surface area contributed by atoms with Crippen LogP contribution in [0.5, 0.6) is 0 Å². The van der Waals surface area contributed by atoms with Gasteiger partial charge >= 0.3 is 0 Å². The molecule has 0 aromatic carbocycles. The summed E-state index contributed by atoms with van der Waals surface area (Å²) in [6.45, 7) is 3.40. The Morgan fingerprint density at radius 2 is 2.23 bits per heavy atom. The van der Waals surface area contributed by atoms with Gasteiger partial charge in [0.05, 0.1) is 6.61 Å². The highest BCUT2D eigenvalue weighted by Gasteiger charge is 2.34. The van der Waals surface area contributed by atoms with Crippen LogP contribution in [0.1, 0.15) is 6.42 Å². The minimum atomic E-state index is 0.0621. The first-order valence-electron chi connectivity index (χ1n) is 4.72. The summed E-state index contributed by atoms with van der Waals surface area (Å²) in [6.07, 6.45) is 1.08. The Morgan fingerprint density at radius 3 is 3.00 bits per heavy atom. The van der Waals surface area contributed by atoms with Gasteiger partial charge in [-0.25, -0.2) is 0 Å². The number of carbonyl (C=O) groups is 1. The lowest BCUT2D eigenvalue weighted by Gasteiger charge is -2.33. The lowest BCUT2D eigenvalue weighted by molar-refractivity contribution is -0.130. The number of carbonyl (C=O) groups excluding carboxylic acids is 1. The van der Waals surface area contributed by atoms with Crippen molar-refractivity contribution in [1.29, 1.82) is 0 Å². The summed E-state index contributed by atoms with van der Waals surface area (Å²) in [4.78, 5) is 13.2. The summed E-state index contributed by atoms with van der Waals surface area (Å²) in [7, 11) is 0. The molecule has 74 valence electrons. The van der Waals surface area contributed by atoms with Gasteiger partial charge in [0.2, 0.25) is 5.91 Å². The smallest absolute Gasteiger partial charge is 0.237 e. The number of likely N-dealkylation sites (tertiary alicyclic amines) is 1. The Labute approximate surface area is 83.0 Å². The second kappa shape index (κ2) is 3.84. The number of hydrogen-bond acceptors (Lipinski definition) is 2. The summed E-state index contributed by atoms with van der Waals surface area (Å²) in [5, 5.41) is 0. The molecule has 0 spiro atoms. The highest BCUT2D eigenvalue weighted by atomic mass is 35.5. The molecule has 0 aliphatic carbocycles.